The van der Waals surface area contributed by atoms with E-state index in [4.69, 9.17) is 16.0 Å². The third-order valence-electron chi connectivity index (χ3n) is 3.04. The summed E-state index contributed by atoms with van der Waals surface area (Å²) in [7, 11) is 0. The Morgan fingerprint density at radius 3 is 2.71 bits per heavy atom. The number of hydrogen-bond acceptors (Lipinski definition) is 4. The molecule has 0 aromatic carbocycles. The van der Waals surface area contributed by atoms with E-state index in [0.29, 0.717) is 23.6 Å². The summed E-state index contributed by atoms with van der Waals surface area (Å²) in [4.78, 5) is 4.35. The van der Waals surface area contributed by atoms with E-state index in [2.05, 4.69) is 15.2 Å². The highest BCUT2D eigenvalue weighted by molar-refractivity contribution is 6.28. The fraction of sp³-hybridized carbons (Fsp3) is 0.545. The largest absolute Gasteiger partial charge is 0.444 e. The van der Waals surface area contributed by atoms with Crippen molar-refractivity contribution in [1.29, 1.82) is 0 Å². The van der Waals surface area contributed by atoms with E-state index in [1.807, 2.05) is 18.4 Å². The molecule has 0 bridgehead atoms. The Balaban J connectivity index is 1.91. The van der Waals surface area contributed by atoms with Crippen molar-refractivity contribution in [2.45, 2.75) is 39.2 Å². The molecular weight excluding hydrogens is 240 g/mol. The van der Waals surface area contributed by atoms with E-state index in [1.165, 1.54) is 12.8 Å². The van der Waals surface area contributed by atoms with Crippen LogP contribution in [0.15, 0.2) is 4.42 Å². The topological polar surface area (TPSA) is 56.7 Å². The zero-order valence-corrected chi connectivity index (χ0v) is 10.5. The van der Waals surface area contributed by atoms with Gasteiger partial charge in [0.2, 0.25) is 11.2 Å². The lowest BCUT2D eigenvalue weighted by atomic mass is 10.4. The molecule has 1 fully saturated rings. The van der Waals surface area contributed by atoms with Gasteiger partial charge in [0.15, 0.2) is 0 Å². The van der Waals surface area contributed by atoms with Crippen LogP contribution in [0.5, 0.6) is 0 Å². The summed E-state index contributed by atoms with van der Waals surface area (Å²) < 4.78 is 7.43. The molecule has 6 heteroatoms. The van der Waals surface area contributed by atoms with Gasteiger partial charge in [-0.05, 0) is 38.3 Å². The number of rotatable bonds is 3. The maximum Gasteiger partial charge on any atom is 0.225 e. The van der Waals surface area contributed by atoms with E-state index in [9.17, 15) is 0 Å². The monoisotopic (exact) mass is 252 g/mol. The maximum absolute atomic E-state index is 6.03. The van der Waals surface area contributed by atoms with Crippen molar-refractivity contribution in [1.82, 2.24) is 19.7 Å². The van der Waals surface area contributed by atoms with Gasteiger partial charge >= 0.3 is 0 Å². The van der Waals surface area contributed by atoms with Crippen LogP contribution in [0.2, 0.25) is 5.28 Å². The normalized spacial score (nSPS) is 15.5. The zero-order valence-electron chi connectivity index (χ0n) is 9.77. The van der Waals surface area contributed by atoms with Gasteiger partial charge in [0.25, 0.3) is 0 Å². The van der Waals surface area contributed by atoms with Crippen LogP contribution in [0.1, 0.15) is 41.9 Å². The molecule has 3 rings (SSSR count). The molecule has 0 saturated heterocycles. The first-order chi connectivity index (χ1) is 8.15. The molecule has 2 aromatic rings. The molecule has 0 spiro atoms. The van der Waals surface area contributed by atoms with Crippen molar-refractivity contribution in [2.24, 2.45) is 0 Å². The summed E-state index contributed by atoms with van der Waals surface area (Å²) in [5.74, 6) is 2.96. The minimum atomic E-state index is 0.403. The first-order valence-corrected chi connectivity index (χ1v) is 6.04. The Morgan fingerprint density at radius 2 is 2.12 bits per heavy atom. The molecule has 2 aromatic heterocycles. The lowest BCUT2D eigenvalue weighted by Gasteiger charge is -2.03. The van der Waals surface area contributed by atoms with E-state index in [0.717, 1.165) is 17.3 Å². The summed E-state index contributed by atoms with van der Waals surface area (Å²) in [6, 6.07) is 0. The van der Waals surface area contributed by atoms with Crippen LogP contribution in [-0.4, -0.2) is 19.7 Å². The average molecular weight is 253 g/mol. The van der Waals surface area contributed by atoms with Crippen molar-refractivity contribution < 1.29 is 4.42 Å². The van der Waals surface area contributed by atoms with Crippen LogP contribution in [0.25, 0.3) is 0 Å². The number of nitrogens with zero attached hydrogens (tertiary/aromatic N) is 4. The van der Waals surface area contributed by atoms with Gasteiger partial charge < -0.3 is 4.42 Å². The van der Waals surface area contributed by atoms with Crippen LogP contribution in [-0.2, 0) is 6.54 Å². The Morgan fingerprint density at radius 1 is 1.35 bits per heavy atom. The standard InChI is InChI=1S/C11H13ClN4O/c1-6-7(2)17-9(13-6)5-16-10(8-3-4-8)14-15-11(16)12/h8H,3-5H2,1-2H3. The Labute approximate surface area is 104 Å². The maximum atomic E-state index is 6.03. The second kappa shape index (κ2) is 3.84. The first-order valence-electron chi connectivity index (χ1n) is 5.66. The predicted molar refractivity (Wildman–Crippen MR) is 62.1 cm³/mol. The van der Waals surface area contributed by atoms with Crippen LogP contribution in [0.4, 0.5) is 0 Å². The highest BCUT2D eigenvalue weighted by Gasteiger charge is 2.30. The first kappa shape index (κ1) is 10.8. The number of aromatic nitrogens is 4. The van der Waals surface area contributed by atoms with Gasteiger partial charge in [-0.25, -0.2) is 4.98 Å². The lowest BCUT2D eigenvalue weighted by molar-refractivity contribution is 0.453. The summed E-state index contributed by atoms with van der Waals surface area (Å²) in [5, 5.41) is 8.43. The fourth-order valence-corrected chi connectivity index (χ4v) is 2.01. The van der Waals surface area contributed by atoms with Crippen molar-refractivity contribution in [2.75, 3.05) is 0 Å². The number of aryl methyl sites for hydroxylation is 2. The molecule has 0 atom stereocenters. The average Bonchev–Trinajstić information content (AvgIpc) is 2.99. The molecule has 0 radical (unpaired) electrons. The van der Waals surface area contributed by atoms with Gasteiger partial charge in [0.1, 0.15) is 18.1 Å². The molecule has 1 saturated carbocycles. The minimum Gasteiger partial charge on any atom is -0.444 e. The second-order valence-electron chi connectivity index (χ2n) is 4.44. The molecule has 0 unspecified atom stereocenters. The fourth-order valence-electron chi connectivity index (χ4n) is 1.83. The Bertz CT molecular complexity index is 536. The molecule has 90 valence electrons. The van der Waals surface area contributed by atoms with Crippen LogP contribution >= 0.6 is 11.6 Å². The second-order valence-corrected chi connectivity index (χ2v) is 4.77. The molecule has 0 amide bonds. The van der Waals surface area contributed by atoms with Gasteiger partial charge in [-0.15, -0.1) is 10.2 Å². The van der Waals surface area contributed by atoms with Gasteiger partial charge in [-0.1, -0.05) is 0 Å². The number of halogens is 1. The summed E-state index contributed by atoms with van der Waals surface area (Å²) >= 11 is 6.03. The summed E-state index contributed by atoms with van der Waals surface area (Å²) in [5.41, 5.74) is 0.914. The molecular formula is C11H13ClN4O. The smallest absolute Gasteiger partial charge is 0.225 e. The molecule has 1 aliphatic rings. The molecule has 0 N–H and O–H groups in total. The highest BCUT2D eigenvalue weighted by Crippen LogP contribution is 2.39. The van der Waals surface area contributed by atoms with E-state index >= 15 is 0 Å². The summed E-state index contributed by atoms with van der Waals surface area (Å²) in [6.07, 6.45) is 2.33. The minimum absolute atomic E-state index is 0.403. The van der Waals surface area contributed by atoms with Gasteiger partial charge in [0.05, 0.1) is 5.69 Å². The molecule has 17 heavy (non-hydrogen) atoms. The van der Waals surface area contributed by atoms with Crippen molar-refractivity contribution in [3.05, 3.63) is 28.5 Å². The van der Waals surface area contributed by atoms with Crippen molar-refractivity contribution >= 4 is 11.6 Å². The quantitative estimate of drug-likeness (QED) is 0.842. The Kier molecular flexibility index (Phi) is 2.43. The van der Waals surface area contributed by atoms with Crippen LogP contribution < -0.4 is 0 Å². The van der Waals surface area contributed by atoms with E-state index in [-0.39, 0.29) is 0 Å². The van der Waals surface area contributed by atoms with Gasteiger partial charge in [-0.2, -0.15) is 0 Å². The highest BCUT2D eigenvalue weighted by atomic mass is 35.5. The van der Waals surface area contributed by atoms with Crippen molar-refractivity contribution in [3.63, 3.8) is 0 Å². The van der Waals surface area contributed by atoms with E-state index in [1.54, 1.807) is 0 Å². The third kappa shape index (κ3) is 1.95. The third-order valence-corrected chi connectivity index (χ3v) is 3.32. The lowest BCUT2D eigenvalue weighted by Crippen LogP contribution is -2.05. The van der Waals surface area contributed by atoms with Crippen LogP contribution in [0, 0.1) is 13.8 Å². The SMILES string of the molecule is Cc1nc(Cn2c(Cl)nnc2C2CC2)oc1C. The predicted octanol–water partition coefficient (Wildman–Crippen LogP) is 2.46. The van der Waals surface area contributed by atoms with E-state index < -0.39 is 0 Å². The van der Waals surface area contributed by atoms with Crippen molar-refractivity contribution in [3.8, 4) is 0 Å². The number of oxazole rings is 1. The molecule has 0 aliphatic heterocycles. The molecule has 5 nitrogen and oxygen atoms in total. The van der Waals surface area contributed by atoms with Gasteiger partial charge in [0, 0.05) is 5.92 Å². The van der Waals surface area contributed by atoms with Gasteiger partial charge in [-0.3, -0.25) is 4.57 Å². The summed E-state index contributed by atoms with van der Waals surface area (Å²) in [6.45, 7) is 4.34. The molecule has 2 heterocycles. The van der Waals surface area contributed by atoms with Crippen LogP contribution in [0.3, 0.4) is 0 Å². The molecule has 1 aliphatic carbocycles. The number of hydrogen-bond donors (Lipinski definition) is 0. The Hall–Kier alpha value is -1.36. The zero-order chi connectivity index (χ0) is 12.0.